The average molecular weight is 378 g/mol. The van der Waals surface area contributed by atoms with Gasteiger partial charge in [0, 0.05) is 10.4 Å². The molecule has 25 heavy (non-hydrogen) atoms. The first-order valence-corrected chi connectivity index (χ1v) is 9.61. The molecule has 5 nitrogen and oxygen atoms in total. The Morgan fingerprint density at radius 1 is 1.36 bits per heavy atom. The summed E-state index contributed by atoms with van der Waals surface area (Å²) >= 11 is 0. The van der Waals surface area contributed by atoms with Crippen LogP contribution >= 0.6 is 10.3 Å². The maximum absolute atomic E-state index is 13.0. The molecular weight excluding hydrogens is 357 g/mol. The highest BCUT2D eigenvalue weighted by Crippen LogP contribution is 2.58. The van der Waals surface area contributed by atoms with Gasteiger partial charge in [-0.05, 0) is 48.8 Å². The molecular formula is C16H21F3N2O3S. The number of rotatable bonds is 4. The summed E-state index contributed by atoms with van der Waals surface area (Å²) in [6, 6.07) is 4.62. The van der Waals surface area contributed by atoms with Crippen molar-refractivity contribution in [3.63, 3.8) is 0 Å². The van der Waals surface area contributed by atoms with E-state index in [0.717, 1.165) is 12.1 Å². The van der Waals surface area contributed by atoms with E-state index in [4.69, 9.17) is 4.18 Å². The fourth-order valence-corrected chi connectivity index (χ4v) is 4.79. The predicted molar refractivity (Wildman–Crippen MR) is 89.2 cm³/mol. The van der Waals surface area contributed by atoms with Crippen LogP contribution in [0.1, 0.15) is 32.8 Å². The third kappa shape index (κ3) is 4.59. The maximum Gasteiger partial charge on any atom is 0.418 e. The summed E-state index contributed by atoms with van der Waals surface area (Å²) in [5.74, 6) is -0.489. The molecule has 0 radical (unpaired) electrons. The molecule has 1 heterocycles. The number of alkyl halides is 3. The normalized spacial score (nSPS) is 23.5. The fourth-order valence-electron chi connectivity index (χ4n) is 2.22. The van der Waals surface area contributed by atoms with Crippen molar-refractivity contribution in [3.8, 4) is 0 Å². The highest BCUT2D eigenvalue weighted by molar-refractivity contribution is 8.31. The van der Waals surface area contributed by atoms with Gasteiger partial charge in [0.1, 0.15) is 0 Å². The van der Waals surface area contributed by atoms with Crippen LogP contribution in [0.4, 0.5) is 18.0 Å². The lowest BCUT2D eigenvalue weighted by Gasteiger charge is -2.35. The van der Waals surface area contributed by atoms with Crippen LogP contribution in [0.2, 0.25) is 0 Å². The molecule has 1 fully saturated rings. The molecule has 1 aromatic carbocycles. The van der Waals surface area contributed by atoms with E-state index >= 15 is 0 Å². The monoisotopic (exact) mass is 378 g/mol. The lowest BCUT2D eigenvalue weighted by Crippen LogP contribution is -2.43. The van der Waals surface area contributed by atoms with Gasteiger partial charge < -0.3 is 14.8 Å². The summed E-state index contributed by atoms with van der Waals surface area (Å²) in [7, 11) is -2.52. The van der Waals surface area contributed by atoms with Gasteiger partial charge in [0.15, 0.2) is 0 Å². The van der Waals surface area contributed by atoms with Crippen LogP contribution < -0.4 is 10.6 Å². The molecule has 1 aromatic rings. The number of benzene rings is 1. The molecule has 9 heteroatoms. The van der Waals surface area contributed by atoms with E-state index in [-0.39, 0.29) is 22.4 Å². The molecule has 2 rings (SSSR count). The molecule has 1 saturated heterocycles. The first kappa shape index (κ1) is 19.4. The van der Waals surface area contributed by atoms with Crippen LogP contribution in [0.15, 0.2) is 29.2 Å². The number of carbonyl (C=O) groups is 2. The van der Waals surface area contributed by atoms with E-state index in [0.29, 0.717) is 6.42 Å². The van der Waals surface area contributed by atoms with E-state index in [2.05, 4.69) is 10.6 Å². The molecule has 1 atom stereocenters. The van der Waals surface area contributed by atoms with Crippen molar-refractivity contribution in [2.45, 2.75) is 43.8 Å². The lowest BCUT2D eigenvalue weighted by molar-refractivity contribution is -0.137. The Hall–Kier alpha value is -1.90. The standard InChI is InChI=1S/C16H21F3N2O3S/c1-4-15(2,3)21-14(23)24-25(9-13(22)20-10-25)12-7-5-6-11(8-12)16(17,18)19/h5-8H,4,9-10H2,1-3H3,(H,20,22)(H,21,23). The topological polar surface area (TPSA) is 67.4 Å². The van der Waals surface area contributed by atoms with Crippen molar-refractivity contribution < 1.29 is 26.9 Å². The summed E-state index contributed by atoms with van der Waals surface area (Å²) < 4.78 is 44.5. The highest BCUT2D eigenvalue weighted by atomic mass is 32.3. The van der Waals surface area contributed by atoms with E-state index in [1.807, 2.05) is 6.92 Å². The first-order chi connectivity index (χ1) is 11.5. The zero-order valence-corrected chi connectivity index (χ0v) is 15.0. The van der Waals surface area contributed by atoms with Crippen LogP contribution in [-0.2, 0) is 15.2 Å². The van der Waals surface area contributed by atoms with Crippen molar-refractivity contribution in [2.24, 2.45) is 0 Å². The molecule has 0 bridgehead atoms. The average Bonchev–Trinajstić information content (AvgIpc) is 2.88. The quantitative estimate of drug-likeness (QED) is 0.838. The van der Waals surface area contributed by atoms with Crippen molar-refractivity contribution >= 4 is 22.3 Å². The first-order valence-electron chi connectivity index (χ1n) is 7.72. The summed E-state index contributed by atoms with van der Waals surface area (Å²) in [5, 5.41) is 5.25. The Morgan fingerprint density at radius 3 is 2.56 bits per heavy atom. The molecule has 0 saturated carbocycles. The van der Waals surface area contributed by atoms with Crippen molar-refractivity contribution in [1.82, 2.24) is 10.6 Å². The summed E-state index contributed by atoms with van der Waals surface area (Å²) in [6.45, 7) is 5.49. The third-order valence-electron chi connectivity index (χ3n) is 4.02. The van der Waals surface area contributed by atoms with E-state index in [1.54, 1.807) is 13.8 Å². The maximum atomic E-state index is 13.0. The number of halogens is 3. The van der Waals surface area contributed by atoms with Gasteiger partial charge in [-0.15, -0.1) is 0 Å². The van der Waals surface area contributed by atoms with E-state index < -0.39 is 33.7 Å². The van der Waals surface area contributed by atoms with Gasteiger partial charge in [-0.1, -0.05) is 13.0 Å². The Morgan fingerprint density at radius 2 is 2.04 bits per heavy atom. The summed E-state index contributed by atoms with van der Waals surface area (Å²) in [5.41, 5.74) is -1.36. The minimum Gasteiger partial charge on any atom is -0.392 e. The Kier molecular flexibility index (Phi) is 5.27. The Bertz CT molecular complexity index is 679. The van der Waals surface area contributed by atoms with Crippen molar-refractivity contribution in [1.29, 1.82) is 0 Å². The number of hydrogen-bond donors (Lipinski definition) is 2. The molecule has 0 aliphatic carbocycles. The highest BCUT2D eigenvalue weighted by Gasteiger charge is 2.41. The molecule has 2 amide bonds. The summed E-state index contributed by atoms with van der Waals surface area (Å²) in [4.78, 5) is 24.2. The minimum absolute atomic E-state index is 0.00706. The van der Waals surface area contributed by atoms with Crippen LogP contribution in [0.3, 0.4) is 0 Å². The third-order valence-corrected chi connectivity index (χ3v) is 6.94. The van der Waals surface area contributed by atoms with Crippen molar-refractivity contribution in [2.75, 3.05) is 11.6 Å². The van der Waals surface area contributed by atoms with Crippen LogP contribution in [0.25, 0.3) is 0 Å². The number of hydrogen-bond acceptors (Lipinski definition) is 3. The van der Waals surface area contributed by atoms with Gasteiger partial charge in [-0.25, -0.2) is 4.79 Å². The zero-order valence-electron chi connectivity index (χ0n) is 14.2. The fraction of sp³-hybridized carbons (Fsp3) is 0.500. The van der Waals surface area contributed by atoms with E-state index in [1.165, 1.54) is 12.1 Å². The Labute approximate surface area is 145 Å². The predicted octanol–water partition coefficient (Wildman–Crippen LogP) is 3.79. The zero-order chi connectivity index (χ0) is 18.9. The van der Waals surface area contributed by atoms with Crippen LogP contribution in [0, 0.1) is 0 Å². The molecule has 1 unspecified atom stereocenters. The summed E-state index contributed by atoms with van der Waals surface area (Å²) in [6.07, 6.45) is -4.61. The molecule has 2 N–H and O–H groups in total. The van der Waals surface area contributed by atoms with Gasteiger partial charge in [-0.3, -0.25) is 4.79 Å². The lowest BCUT2D eigenvalue weighted by atomic mass is 10.0. The van der Waals surface area contributed by atoms with Crippen LogP contribution in [-0.4, -0.2) is 29.2 Å². The number of carbonyl (C=O) groups excluding carboxylic acids is 2. The van der Waals surface area contributed by atoms with Crippen molar-refractivity contribution in [3.05, 3.63) is 29.8 Å². The molecule has 1 aliphatic rings. The van der Waals surface area contributed by atoms with Crippen LogP contribution in [0.5, 0.6) is 0 Å². The number of amides is 2. The number of nitrogens with one attached hydrogen (secondary N) is 2. The minimum atomic E-state index is -4.51. The molecule has 1 aliphatic heterocycles. The second kappa shape index (κ2) is 6.78. The van der Waals surface area contributed by atoms with E-state index in [9.17, 15) is 22.8 Å². The van der Waals surface area contributed by atoms with Gasteiger partial charge in [0.05, 0.1) is 17.2 Å². The van der Waals surface area contributed by atoms with Gasteiger partial charge >= 0.3 is 12.3 Å². The second-order valence-corrected chi connectivity index (χ2v) is 9.30. The van der Waals surface area contributed by atoms with Gasteiger partial charge in [-0.2, -0.15) is 13.2 Å². The van der Waals surface area contributed by atoms with Gasteiger partial charge in [0.25, 0.3) is 0 Å². The largest absolute Gasteiger partial charge is 0.418 e. The molecule has 140 valence electrons. The SMILES string of the molecule is CCC(C)(C)NC(=O)OS1(c2cccc(C(F)(F)F)c2)CNC(=O)C1. The smallest absolute Gasteiger partial charge is 0.392 e. The Balaban J connectivity index is 2.33. The second-order valence-electron chi connectivity index (χ2n) is 6.46. The van der Waals surface area contributed by atoms with Gasteiger partial charge in [0.2, 0.25) is 5.91 Å². The molecule has 0 aromatic heterocycles. The molecule has 0 spiro atoms.